The molecular weight excluding hydrogens is 459 g/mol. The highest BCUT2D eigenvalue weighted by atomic mass is 19.4. The van der Waals surface area contributed by atoms with Crippen LogP contribution in [0, 0.1) is 0 Å². The number of carbonyl (C=O) groups excluding carboxylic acids is 1. The van der Waals surface area contributed by atoms with Crippen molar-refractivity contribution in [3.8, 4) is 5.75 Å². The number of carbonyl (C=O) groups is 1. The Labute approximate surface area is 201 Å². The molecule has 2 aliphatic heterocycles. The minimum Gasteiger partial charge on any atom is -0.490 e. The molecule has 5 rings (SSSR count). The van der Waals surface area contributed by atoms with Gasteiger partial charge >= 0.3 is 6.18 Å². The molecule has 0 saturated carbocycles. The molecule has 0 aliphatic carbocycles. The first-order valence-corrected chi connectivity index (χ1v) is 12.0. The number of ether oxygens (including phenoxy) is 1. The molecule has 2 aliphatic rings. The lowest BCUT2D eigenvalue weighted by Gasteiger charge is -2.33. The van der Waals surface area contributed by atoms with Gasteiger partial charge in [0.15, 0.2) is 5.76 Å². The van der Waals surface area contributed by atoms with E-state index in [-0.39, 0.29) is 18.1 Å². The van der Waals surface area contributed by atoms with Gasteiger partial charge in [-0.3, -0.25) is 4.79 Å². The summed E-state index contributed by atoms with van der Waals surface area (Å²) in [7, 11) is 0. The van der Waals surface area contributed by atoms with Crippen LogP contribution in [-0.4, -0.2) is 44.2 Å². The minimum absolute atomic E-state index is 0.00390. The van der Waals surface area contributed by atoms with Gasteiger partial charge in [-0.25, -0.2) is 0 Å². The van der Waals surface area contributed by atoms with Gasteiger partial charge in [0.2, 0.25) is 0 Å². The number of amides is 1. The molecule has 2 N–H and O–H groups in total. The Kier molecular flexibility index (Phi) is 6.60. The normalized spacial score (nSPS) is 18.1. The van der Waals surface area contributed by atoms with E-state index in [2.05, 4.69) is 15.5 Å². The van der Waals surface area contributed by atoms with E-state index in [0.29, 0.717) is 30.2 Å². The molecule has 9 heteroatoms. The summed E-state index contributed by atoms with van der Waals surface area (Å²) in [6.45, 7) is 3.18. The van der Waals surface area contributed by atoms with Gasteiger partial charge in [-0.05, 0) is 68.4 Å². The van der Waals surface area contributed by atoms with Crippen LogP contribution in [0.5, 0.6) is 5.75 Å². The second-order valence-corrected chi connectivity index (χ2v) is 9.16. The van der Waals surface area contributed by atoms with E-state index in [1.54, 1.807) is 12.1 Å². The van der Waals surface area contributed by atoms with Crippen LogP contribution in [-0.2, 0) is 6.18 Å². The lowest BCUT2D eigenvalue weighted by Crippen LogP contribution is -2.42. The van der Waals surface area contributed by atoms with Crippen molar-refractivity contribution < 1.29 is 27.1 Å². The molecule has 0 radical (unpaired) electrons. The van der Waals surface area contributed by atoms with E-state index in [9.17, 15) is 18.0 Å². The van der Waals surface area contributed by atoms with Crippen molar-refractivity contribution in [2.24, 2.45) is 0 Å². The maximum absolute atomic E-state index is 12.8. The molecule has 1 aromatic heterocycles. The van der Waals surface area contributed by atoms with E-state index in [1.165, 1.54) is 12.1 Å². The molecule has 0 bridgehead atoms. The molecule has 1 amide bonds. The predicted octanol–water partition coefficient (Wildman–Crippen LogP) is 4.98. The summed E-state index contributed by atoms with van der Waals surface area (Å²) in [5.41, 5.74) is 0.739. The Morgan fingerprint density at radius 1 is 1.00 bits per heavy atom. The quantitative estimate of drug-likeness (QED) is 0.531. The second kappa shape index (κ2) is 9.81. The van der Waals surface area contributed by atoms with Crippen LogP contribution < -0.4 is 20.3 Å². The van der Waals surface area contributed by atoms with Crippen molar-refractivity contribution in [1.82, 2.24) is 10.6 Å². The first-order chi connectivity index (χ1) is 16.8. The first kappa shape index (κ1) is 23.5. The number of alkyl halides is 3. The molecule has 186 valence electrons. The maximum atomic E-state index is 12.8. The van der Waals surface area contributed by atoms with Gasteiger partial charge in [-0.2, -0.15) is 13.2 Å². The predicted molar refractivity (Wildman–Crippen MR) is 127 cm³/mol. The number of hydrogen-bond donors (Lipinski definition) is 2. The molecule has 2 saturated heterocycles. The number of nitrogens with one attached hydrogen (secondary N) is 2. The zero-order chi connectivity index (χ0) is 24.4. The van der Waals surface area contributed by atoms with Crippen molar-refractivity contribution in [3.05, 3.63) is 59.9 Å². The van der Waals surface area contributed by atoms with E-state index in [0.717, 1.165) is 62.0 Å². The third-order valence-corrected chi connectivity index (χ3v) is 6.69. The van der Waals surface area contributed by atoms with Crippen molar-refractivity contribution >= 4 is 22.6 Å². The Morgan fingerprint density at radius 3 is 2.40 bits per heavy atom. The number of rotatable bonds is 5. The summed E-state index contributed by atoms with van der Waals surface area (Å²) < 4.78 is 50.4. The number of piperidine rings is 2. The monoisotopic (exact) mass is 487 g/mol. The smallest absolute Gasteiger partial charge is 0.416 e. The van der Waals surface area contributed by atoms with Gasteiger partial charge in [0.1, 0.15) is 17.4 Å². The minimum atomic E-state index is -4.33. The topological polar surface area (TPSA) is 66.7 Å². The molecule has 6 nitrogen and oxygen atoms in total. The summed E-state index contributed by atoms with van der Waals surface area (Å²) in [4.78, 5) is 14.7. The number of furan rings is 1. The van der Waals surface area contributed by atoms with Crippen molar-refractivity contribution in [2.45, 2.75) is 44.0 Å². The summed E-state index contributed by atoms with van der Waals surface area (Å²) in [5.74, 6) is 0.761. The molecule has 3 heterocycles. The van der Waals surface area contributed by atoms with Crippen LogP contribution >= 0.6 is 0 Å². The Hall–Kier alpha value is -3.20. The number of fused-ring (bicyclic) bond motifs is 1. The number of halogens is 3. The molecule has 35 heavy (non-hydrogen) atoms. The summed E-state index contributed by atoms with van der Waals surface area (Å²) in [5, 5.41) is 7.16. The number of benzene rings is 2. The Morgan fingerprint density at radius 2 is 1.71 bits per heavy atom. The lowest BCUT2D eigenvalue weighted by atomic mass is 10.1. The Balaban J connectivity index is 1.17. The van der Waals surface area contributed by atoms with Crippen LogP contribution in [0.4, 0.5) is 18.9 Å². The third-order valence-electron chi connectivity index (χ3n) is 6.69. The third kappa shape index (κ3) is 5.56. The molecule has 0 atom stereocenters. The van der Waals surface area contributed by atoms with Gasteiger partial charge in [0, 0.05) is 49.1 Å². The molecular formula is C26H28F3N3O3. The number of anilines is 1. The van der Waals surface area contributed by atoms with Crippen LogP contribution in [0.3, 0.4) is 0 Å². The van der Waals surface area contributed by atoms with E-state index in [1.807, 2.05) is 12.1 Å². The fourth-order valence-corrected chi connectivity index (χ4v) is 4.71. The standard InChI is InChI=1S/C26H28F3N3O3/c27-26(28,29)18-2-4-20(5-3-18)32-13-9-21(10-14-32)34-22-6-1-17-15-24(35-23(17)16-22)25(33)31-19-7-11-30-12-8-19/h1-6,15-16,19,21,30H,7-14H2,(H,31,33). The fraction of sp³-hybridized carbons (Fsp3) is 0.423. The van der Waals surface area contributed by atoms with Crippen LogP contribution in [0.15, 0.2) is 52.9 Å². The van der Waals surface area contributed by atoms with Crippen molar-refractivity contribution in [3.63, 3.8) is 0 Å². The Bertz CT molecular complexity index is 1160. The lowest BCUT2D eigenvalue weighted by molar-refractivity contribution is -0.137. The second-order valence-electron chi connectivity index (χ2n) is 9.16. The molecule has 2 aromatic carbocycles. The van der Waals surface area contributed by atoms with E-state index in [4.69, 9.17) is 9.15 Å². The number of hydrogen-bond acceptors (Lipinski definition) is 5. The van der Waals surface area contributed by atoms with Gasteiger partial charge in [0.05, 0.1) is 5.56 Å². The fourth-order valence-electron chi connectivity index (χ4n) is 4.71. The SMILES string of the molecule is O=C(NC1CCNCC1)c1cc2ccc(OC3CCN(c4ccc(C(F)(F)F)cc4)CC3)cc2o1. The van der Waals surface area contributed by atoms with Crippen molar-refractivity contribution in [1.29, 1.82) is 0 Å². The molecule has 3 aromatic rings. The highest BCUT2D eigenvalue weighted by molar-refractivity contribution is 5.96. The van der Waals surface area contributed by atoms with E-state index >= 15 is 0 Å². The highest BCUT2D eigenvalue weighted by Crippen LogP contribution is 2.32. The highest BCUT2D eigenvalue weighted by Gasteiger charge is 2.30. The average Bonchev–Trinajstić information content (AvgIpc) is 3.29. The van der Waals surface area contributed by atoms with Crippen LogP contribution in [0.25, 0.3) is 11.0 Å². The van der Waals surface area contributed by atoms with Crippen LogP contribution in [0.1, 0.15) is 41.8 Å². The molecule has 0 spiro atoms. The van der Waals surface area contributed by atoms with Gasteiger partial charge < -0.3 is 24.7 Å². The van der Waals surface area contributed by atoms with E-state index < -0.39 is 11.7 Å². The van der Waals surface area contributed by atoms with Gasteiger partial charge in [-0.15, -0.1) is 0 Å². The number of nitrogens with zero attached hydrogens (tertiary/aromatic N) is 1. The van der Waals surface area contributed by atoms with Gasteiger partial charge in [-0.1, -0.05) is 0 Å². The summed E-state index contributed by atoms with van der Waals surface area (Å²) >= 11 is 0. The molecule has 2 fully saturated rings. The summed E-state index contributed by atoms with van der Waals surface area (Å²) in [6, 6.07) is 12.7. The zero-order valence-corrected chi connectivity index (χ0v) is 19.2. The summed E-state index contributed by atoms with van der Waals surface area (Å²) in [6.07, 6.45) is -1.02. The van der Waals surface area contributed by atoms with Gasteiger partial charge in [0.25, 0.3) is 5.91 Å². The maximum Gasteiger partial charge on any atom is 0.416 e. The average molecular weight is 488 g/mol. The first-order valence-electron chi connectivity index (χ1n) is 12.0. The largest absolute Gasteiger partial charge is 0.490 e. The molecule has 0 unspecified atom stereocenters. The van der Waals surface area contributed by atoms with Crippen molar-refractivity contribution in [2.75, 3.05) is 31.1 Å². The zero-order valence-electron chi connectivity index (χ0n) is 19.2. The van der Waals surface area contributed by atoms with Crippen LogP contribution in [0.2, 0.25) is 0 Å².